The Morgan fingerprint density at radius 2 is 2.08 bits per heavy atom. The number of pyridine rings is 1. The predicted molar refractivity (Wildman–Crippen MR) is 90.7 cm³/mol. The Kier molecular flexibility index (Phi) is 4.65. The number of aromatic nitrogens is 1. The van der Waals surface area contributed by atoms with E-state index < -0.39 is 17.7 Å². The van der Waals surface area contributed by atoms with Crippen LogP contribution in [0.3, 0.4) is 0 Å². The van der Waals surface area contributed by atoms with Crippen LogP contribution in [0.1, 0.15) is 12.0 Å². The number of carbonyl (C=O) groups is 2. The molecule has 3 rings (SSSR count). The van der Waals surface area contributed by atoms with Gasteiger partial charge < -0.3 is 15.3 Å². The van der Waals surface area contributed by atoms with Crippen LogP contribution in [-0.4, -0.2) is 40.1 Å². The summed E-state index contributed by atoms with van der Waals surface area (Å²) in [6.07, 6.45) is 3.14. The minimum absolute atomic E-state index is 0.202. The number of aliphatic carboxylic acids is 1. The monoisotopic (exact) mass is 343 g/mol. The maximum Gasteiger partial charge on any atom is 0.321 e. The van der Waals surface area contributed by atoms with Crippen molar-refractivity contribution in [3.63, 3.8) is 0 Å². The third-order valence-electron chi connectivity index (χ3n) is 4.34. The number of hydrogen-bond donors (Lipinski definition) is 2. The summed E-state index contributed by atoms with van der Waals surface area (Å²) in [5.41, 5.74) is 2.81. The van der Waals surface area contributed by atoms with E-state index in [0.29, 0.717) is 24.2 Å². The summed E-state index contributed by atoms with van der Waals surface area (Å²) >= 11 is 0. The summed E-state index contributed by atoms with van der Waals surface area (Å²) < 4.78 is 13.4. The lowest BCUT2D eigenvalue weighted by atomic mass is 10.0. The maximum absolute atomic E-state index is 13.4. The Labute approximate surface area is 144 Å². The lowest BCUT2D eigenvalue weighted by molar-refractivity contribution is -0.141. The van der Waals surface area contributed by atoms with E-state index >= 15 is 0 Å². The molecule has 130 valence electrons. The van der Waals surface area contributed by atoms with E-state index in [1.165, 1.54) is 11.0 Å². The fraction of sp³-hybridized carbons (Fsp3) is 0.278. The van der Waals surface area contributed by atoms with Crippen molar-refractivity contribution in [1.29, 1.82) is 0 Å². The predicted octanol–water partition coefficient (Wildman–Crippen LogP) is 3.13. The van der Waals surface area contributed by atoms with Gasteiger partial charge in [-0.1, -0.05) is 12.1 Å². The van der Waals surface area contributed by atoms with Crippen molar-refractivity contribution in [3.05, 3.63) is 48.0 Å². The molecule has 1 atom stereocenters. The molecule has 0 bridgehead atoms. The summed E-state index contributed by atoms with van der Waals surface area (Å²) in [7, 11) is 0. The van der Waals surface area contributed by atoms with Gasteiger partial charge >= 0.3 is 12.0 Å². The van der Waals surface area contributed by atoms with E-state index in [2.05, 4.69) is 10.3 Å². The Morgan fingerprint density at radius 1 is 1.28 bits per heavy atom. The van der Waals surface area contributed by atoms with Crippen molar-refractivity contribution in [2.24, 2.45) is 5.92 Å². The van der Waals surface area contributed by atoms with Crippen LogP contribution in [0.4, 0.5) is 14.9 Å². The molecule has 1 unspecified atom stereocenters. The quantitative estimate of drug-likeness (QED) is 0.897. The standard InChI is InChI=1S/C18H18FN3O3/c1-11-2-3-12(14-6-15(19)9-20-8-14)7-16(11)21-18(25)22-5-4-13(10-22)17(23)24/h2-3,6-9,13H,4-5,10H2,1H3,(H,21,25)(H,23,24). The Bertz CT molecular complexity index is 825. The van der Waals surface area contributed by atoms with Crippen molar-refractivity contribution in [3.8, 4) is 11.1 Å². The number of benzene rings is 1. The van der Waals surface area contributed by atoms with Gasteiger partial charge in [0.1, 0.15) is 5.82 Å². The molecular formula is C18H18FN3O3. The van der Waals surface area contributed by atoms with Gasteiger partial charge in [0.15, 0.2) is 0 Å². The molecule has 0 radical (unpaired) electrons. The third kappa shape index (κ3) is 3.76. The number of carboxylic acids is 1. The number of urea groups is 1. The molecule has 2 aromatic rings. The molecule has 25 heavy (non-hydrogen) atoms. The van der Waals surface area contributed by atoms with Crippen LogP contribution in [0.25, 0.3) is 11.1 Å². The Morgan fingerprint density at radius 3 is 2.76 bits per heavy atom. The highest BCUT2D eigenvalue weighted by Crippen LogP contribution is 2.26. The highest BCUT2D eigenvalue weighted by atomic mass is 19.1. The Balaban J connectivity index is 1.77. The maximum atomic E-state index is 13.4. The zero-order valence-corrected chi connectivity index (χ0v) is 13.7. The van der Waals surface area contributed by atoms with Gasteiger partial charge in [-0.05, 0) is 36.6 Å². The summed E-state index contributed by atoms with van der Waals surface area (Å²) in [5.74, 6) is -1.83. The molecule has 0 spiro atoms. The first kappa shape index (κ1) is 16.9. The summed E-state index contributed by atoms with van der Waals surface area (Å²) in [6.45, 7) is 2.47. The lowest BCUT2D eigenvalue weighted by Crippen LogP contribution is -2.34. The van der Waals surface area contributed by atoms with Crippen molar-refractivity contribution in [2.75, 3.05) is 18.4 Å². The van der Waals surface area contributed by atoms with E-state index in [1.807, 2.05) is 19.1 Å². The number of likely N-dealkylation sites (tertiary alicyclic amines) is 1. The normalized spacial score (nSPS) is 16.7. The number of nitrogens with zero attached hydrogens (tertiary/aromatic N) is 2. The molecule has 2 N–H and O–H groups in total. The first-order valence-corrected chi connectivity index (χ1v) is 7.94. The van der Waals surface area contributed by atoms with Crippen molar-refractivity contribution in [1.82, 2.24) is 9.88 Å². The van der Waals surface area contributed by atoms with Crippen LogP contribution >= 0.6 is 0 Å². The van der Waals surface area contributed by atoms with Gasteiger partial charge in [-0.15, -0.1) is 0 Å². The molecule has 0 saturated carbocycles. The molecule has 2 amide bonds. The minimum atomic E-state index is -0.882. The first-order chi connectivity index (χ1) is 11.9. The summed E-state index contributed by atoms with van der Waals surface area (Å²) in [4.78, 5) is 28.7. The summed E-state index contributed by atoms with van der Waals surface area (Å²) in [5, 5.41) is 11.9. The van der Waals surface area contributed by atoms with Crippen LogP contribution in [-0.2, 0) is 4.79 Å². The van der Waals surface area contributed by atoms with Gasteiger partial charge in [0.05, 0.1) is 12.1 Å². The average molecular weight is 343 g/mol. The number of rotatable bonds is 3. The SMILES string of the molecule is Cc1ccc(-c2cncc(F)c2)cc1NC(=O)N1CCC(C(=O)O)C1. The molecule has 1 saturated heterocycles. The van der Waals surface area contributed by atoms with Crippen molar-refractivity contribution < 1.29 is 19.1 Å². The number of halogens is 1. The number of aryl methyl sites for hydroxylation is 1. The Hall–Kier alpha value is -2.96. The first-order valence-electron chi connectivity index (χ1n) is 7.94. The average Bonchev–Trinajstić information content (AvgIpc) is 3.07. The second-order valence-electron chi connectivity index (χ2n) is 6.12. The van der Waals surface area contributed by atoms with Crippen LogP contribution in [0, 0.1) is 18.7 Å². The zero-order valence-electron chi connectivity index (χ0n) is 13.7. The van der Waals surface area contributed by atoms with Gasteiger partial charge in [0, 0.05) is 30.5 Å². The molecule has 7 heteroatoms. The molecule has 6 nitrogen and oxygen atoms in total. The van der Waals surface area contributed by atoms with E-state index in [1.54, 1.807) is 12.3 Å². The highest BCUT2D eigenvalue weighted by molar-refractivity contribution is 5.91. The smallest absolute Gasteiger partial charge is 0.321 e. The number of carbonyl (C=O) groups excluding carboxylic acids is 1. The van der Waals surface area contributed by atoms with Gasteiger partial charge in [-0.2, -0.15) is 0 Å². The molecule has 2 heterocycles. The van der Waals surface area contributed by atoms with Gasteiger partial charge in [0.25, 0.3) is 0 Å². The molecule has 1 fully saturated rings. The third-order valence-corrected chi connectivity index (χ3v) is 4.34. The molecule has 1 aliphatic heterocycles. The second-order valence-corrected chi connectivity index (χ2v) is 6.12. The molecule has 1 aromatic carbocycles. The van der Waals surface area contributed by atoms with Crippen LogP contribution < -0.4 is 5.32 Å². The van der Waals surface area contributed by atoms with E-state index in [9.17, 15) is 14.0 Å². The van der Waals surface area contributed by atoms with Crippen LogP contribution in [0.2, 0.25) is 0 Å². The number of hydrogen-bond acceptors (Lipinski definition) is 3. The van der Waals surface area contributed by atoms with E-state index in [0.717, 1.165) is 17.3 Å². The van der Waals surface area contributed by atoms with Crippen molar-refractivity contribution in [2.45, 2.75) is 13.3 Å². The highest BCUT2D eigenvalue weighted by Gasteiger charge is 2.30. The summed E-state index contributed by atoms with van der Waals surface area (Å²) in [6, 6.07) is 6.47. The molecule has 1 aliphatic rings. The fourth-order valence-electron chi connectivity index (χ4n) is 2.85. The molecule has 0 aliphatic carbocycles. The fourth-order valence-corrected chi connectivity index (χ4v) is 2.85. The topological polar surface area (TPSA) is 82.5 Å². The van der Waals surface area contributed by atoms with E-state index in [-0.39, 0.29) is 12.6 Å². The van der Waals surface area contributed by atoms with Crippen LogP contribution in [0.15, 0.2) is 36.7 Å². The van der Waals surface area contributed by atoms with E-state index in [4.69, 9.17) is 5.11 Å². The molecule has 1 aromatic heterocycles. The van der Waals surface area contributed by atoms with Crippen molar-refractivity contribution >= 4 is 17.7 Å². The molecular weight excluding hydrogens is 325 g/mol. The second kappa shape index (κ2) is 6.88. The van der Waals surface area contributed by atoms with Gasteiger partial charge in [0.2, 0.25) is 0 Å². The minimum Gasteiger partial charge on any atom is -0.481 e. The lowest BCUT2D eigenvalue weighted by Gasteiger charge is -2.18. The number of carboxylic acid groups (broad SMARTS) is 1. The number of nitrogens with one attached hydrogen (secondary N) is 1. The number of amides is 2. The van der Waals surface area contributed by atoms with Crippen LogP contribution in [0.5, 0.6) is 0 Å². The zero-order chi connectivity index (χ0) is 18.0. The van der Waals surface area contributed by atoms with Gasteiger partial charge in [-0.25, -0.2) is 9.18 Å². The largest absolute Gasteiger partial charge is 0.481 e. The van der Waals surface area contributed by atoms with Gasteiger partial charge in [-0.3, -0.25) is 9.78 Å². The number of anilines is 1.